The minimum Gasteiger partial charge on any atom is -0.408 e. The molecule has 5 heteroatoms. The number of rotatable bonds is 4. The summed E-state index contributed by atoms with van der Waals surface area (Å²) < 4.78 is 12.7. The molecule has 1 aromatic carbocycles. The van der Waals surface area contributed by atoms with Crippen LogP contribution in [0.1, 0.15) is 36.6 Å². The molecule has 1 aliphatic rings. The van der Waals surface area contributed by atoms with E-state index in [0.29, 0.717) is 12.1 Å². The number of nitrogens with zero attached hydrogens (tertiary/aromatic N) is 1. The molecule has 0 amide bonds. The van der Waals surface area contributed by atoms with Crippen molar-refractivity contribution >= 4 is 27.0 Å². The van der Waals surface area contributed by atoms with E-state index in [1.165, 1.54) is 0 Å². The van der Waals surface area contributed by atoms with Crippen molar-refractivity contribution in [2.24, 2.45) is 0 Å². The topological polar surface area (TPSA) is 44.4 Å². The van der Waals surface area contributed by atoms with Gasteiger partial charge in [-0.2, -0.15) is 0 Å². The Labute approximate surface area is 125 Å². The molecule has 20 heavy (non-hydrogen) atoms. The van der Waals surface area contributed by atoms with Gasteiger partial charge in [0.15, 0.2) is 5.58 Å². The highest BCUT2D eigenvalue weighted by Gasteiger charge is 2.25. The summed E-state index contributed by atoms with van der Waals surface area (Å²) in [6.07, 6.45) is 3.29. The van der Waals surface area contributed by atoms with Crippen molar-refractivity contribution in [2.75, 3.05) is 6.61 Å². The molecule has 2 unspecified atom stereocenters. The number of benzene rings is 1. The van der Waals surface area contributed by atoms with Gasteiger partial charge < -0.3 is 9.15 Å². The summed E-state index contributed by atoms with van der Waals surface area (Å²) in [7, 11) is 0. The van der Waals surface area contributed by atoms with E-state index < -0.39 is 0 Å². The average Bonchev–Trinajstić information content (AvgIpc) is 3.07. The molecule has 4 nitrogen and oxygen atoms in total. The Morgan fingerprint density at radius 2 is 2.35 bits per heavy atom. The molecule has 108 valence electrons. The predicted octanol–water partition coefficient (Wildman–Crippen LogP) is 3.62. The minimum atomic E-state index is -0.276. The maximum atomic E-state index is 11.8. The lowest BCUT2D eigenvalue weighted by molar-refractivity contribution is 0.110. The highest BCUT2D eigenvalue weighted by molar-refractivity contribution is 9.09. The first-order valence-electron chi connectivity index (χ1n) is 7.09. The van der Waals surface area contributed by atoms with Gasteiger partial charge in [-0.1, -0.05) is 28.9 Å². The van der Waals surface area contributed by atoms with Gasteiger partial charge in [0.25, 0.3) is 0 Å². The SMILES string of the molecule is CCCn1c(=O)oc2cc(C(Br)C3CCCO3)ccc21. The molecule has 2 heterocycles. The van der Waals surface area contributed by atoms with Crippen LogP contribution in [0.25, 0.3) is 11.1 Å². The maximum Gasteiger partial charge on any atom is 0.419 e. The van der Waals surface area contributed by atoms with Gasteiger partial charge in [-0.05, 0) is 37.0 Å². The molecule has 1 fully saturated rings. The zero-order valence-electron chi connectivity index (χ0n) is 11.5. The monoisotopic (exact) mass is 339 g/mol. The molecular weight excluding hydrogens is 322 g/mol. The van der Waals surface area contributed by atoms with Crippen molar-refractivity contribution in [3.63, 3.8) is 0 Å². The second-order valence-corrected chi connectivity index (χ2v) is 6.19. The molecular formula is C15H18BrNO3. The number of ether oxygens (including phenoxy) is 1. The molecule has 0 spiro atoms. The van der Waals surface area contributed by atoms with Gasteiger partial charge in [0.05, 0.1) is 16.4 Å². The lowest BCUT2D eigenvalue weighted by atomic mass is 10.1. The van der Waals surface area contributed by atoms with Crippen molar-refractivity contribution in [3.8, 4) is 0 Å². The summed E-state index contributed by atoms with van der Waals surface area (Å²) >= 11 is 3.70. The van der Waals surface area contributed by atoms with E-state index in [4.69, 9.17) is 9.15 Å². The molecule has 1 saturated heterocycles. The summed E-state index contributed by atoms with van der Waals surface area (Å²) in [6.45, 7) is 3.57. The molecule has 1 aliphatic heterocycles. The number of fused-ring (bicyclic) bond motifs is 1. The first-order chi connectivity index (χ1) is 9.70. The van der Waals surface area contributed by atoms with E-state index in [-0.39, 0.29) is 16.7 Å². The highest BCUT2D eigenvalue weighted by atomic mass is 79.9. The predicted molar refractivity (Wildman–Crippen MR) is 81.4 cm³/mol. The lowest BCUT2D eigenvalue weighted by Crippen LogP contribution is -2.13. The summed E-state index contributed by atoms with van der Waals surface area (Å²) in [5.74, 6) is -0.276. The molecule has 2 aromatic rings. The Bertz CT molecular complexity index is 655. The van der Waals surface area contributed by atoms with Crippen LogP contribution in [0.15, 0.2) is 27.4 Å². The van der Waals surface area contributed by atoms with E-state index in [0.717, 1.165) is 36.9 Å². The van der Waals surface area contributed by atoms with Gasteiger partial charge in [0.2, 0.25) is 0 Å². The zero-order chi connectivity index (χ0) is 14.1. The van der Waals surface area contributed by atoms with Gasteiger partial charge in [0.1, 0.15) is 0 Å². The van der Waals surface area contributed by atoms with Crippen LogP contribution in [0.4, 0.5) is 0 Å². The fourth-order valence-corrected chi connectivity index (χ4v) is 3.44. The van der Waals surface area contributed by atoms with Gasteiger partial charge in [-0.25, -0.2) is 4.79 Å². The van der Waals surface area contributed by atoms with Crippen LogP contribution in [0, 0.1) is 0 Å². The molecule has 0 bridgehead atoms. The maximum absolute atomic E-state index is 11.8. The molecule has 0 radical (unpaired) electrons. The fourth-order valence-electron chi connectivity index (χ4n) is 2.74. The van der Waals surface area contributed by atoms with Crippen molar-refractivity contribution in [2.45, 2.75) is 43.7 Å². The molecule has 3 rings (SSSR count). The van der Waals surface area contributed by atoms with Crippen LogP contribution in [-0.2, 0) is 11.3 Å². The van der Waals surface area contributed by atoms with Gasteiger partial charge in [-0.15, -0.1) is 0 Å². The summed E-state index contributed by atoms with van der Waals surface area (Å²) in [4.78, 5) is 12.0. The van der Waals surface area contributed by atoms with E-state index in [1.54, 1.807) is 4.57 Å². The Kier molecular flexibility index (Phi) is 3.98. The Hall–Kier alpha value is -1.07. The van der Waals surface area contributed by atoms with E-state index >= 15 is 0 Å². The van der Waals surface area contributed by atoms with Crippen LogP contribution in [0.3, 0.4) is 0 Å². The number of aryl methyl sites for hydroxylation is 1. The summed E-state index contributed by atoms with van der Waals surface area (Å²) in [5.41, 5.74) is 2.62. The third kappa shape index (κ3) is 2.44. The number of aromatic nitrogens is 1. The van der Waals surface area contributed by atoms with E-state index in [1.807, 2.05) is 25.1 Å². The fraction of sp³-hybridized carbons (Fsp3) is 0.533. The van der Waals surface area contributed by atoms with Crippen LogP contribution in [-0.4, -0.2) is 17.3 Å². The Morgan fingerprint density at radius 3 is 3.05 bits per heavy atom. The zero-order valence-corrected chi connectivity index (χ0v) is 13.1. The first kappa shape index (κ1) is 13.9. The Balaban J connectivity index is 1.96. The molecule has 0 saturated carbocycles. The standard InChI is InChI=1S/C15H18BrNO3/c1-2-7-17-11-6-5-10(9-13(11)20-15(17)18)14(16)12-4-3-8-19-12/h5-6,9,12,14H,2-4,7-8H2,1H3. The third-order valence-electron chi connectivity index (χ3n) is 3.75. The number of halogens is 1. The van der Waals surface area contributed by atoms with Gasteiger partial charge >= 0.3 is 5.76 Å². The van der Waals surface area contributed by atoms with Crippen molar-refractivity contribution in [1.82, 2.24) is 4.57 Å². The largest absolute Gasteiger partial charge is 0.419 e. The molecule has 0 N–H and O–H groups in total. The lowest BCUT2D eigenvalue weighted by Gasteiger charge is -2.17. The van der Waals surface area contributed by atoms with E-state index in [9.17, 15) is 4.79 Å². The first-order valence-corrected chi connectivity index (χ1v) is 8.01. The van der Waals surface area contributed by atoms with E-state index in [2.05, 4.69) is 15.9 Å². The van der Waals surface area contributed by atoms with Crippen molar-refractivity contribution in [1.29, 1.82) is 0 Å². The van der Waals surface area contributed by atoms with Crippen LogP contribution >= 0.6 is 15.9 Å². The smallest absolute Gasteiger partial charge is 0.408 e. The van der Waals surface area contributed by atoms with Crippen LogP contribution in [0.2, 0.25) is 0 Å². The average molecular weight is 340 g/mol. The number of hydrogen-bond acceptors (Lipinski definition) is 3. The van der Waals surface area contributed by atoms with Crippen LogP contribution < -0.4 is 5.76 Å². The van der Waals surface area contributed by atoms with Crippen LogP contribution in [0.5, 0.6) is 0 Å². The molecule has 0 aliphatic carbocycles. The number of oxazole rings is 1. The van der Waals surface area contributed by atoms with Gasteiger partial charge in [0, 0.05) is 13.2 Å². The minimum absolute atomic E-state index is 0.147. The normalized spacial score (nSPS) is 20.6. The summed E-state index contributed by atoms with van der Waals surface area (Å²) in [5, 5.41) is 0. The molecule has 2 atom stereocenters. The number of hydrogen-bond donors (Lipinski definition) is 0. The van der Waals surface area contributed by atoms with Crippen molar-refractivity contribution < 1.29 is 9.15 Å². The summed E-state index contributed by atoms with van der Waals surface area (Å²) in [6, 6.07) is 5.96. The van der Waals surface area contributed by atoms with Gasteiger partial charge in [-0.3, -0.25) is 4.57 Å². The highest BCUT2D eigenvalue weighted by Crippen LogP contribution is 2.35. The second kappa shape index (κ2) is 5.74. The number of alkyl halides is 1. The Morgan fingerprint density at radius 1 is 1.50 bits per heavy atom. The third-order valence-corrected chi connectivity index (χ3v) is 4.87. The quantitative estimate of drug-likeness (QED) is 0.799. The second-order valence-electron chi connectivity index (χ2n) is 5.20. The van der Waals surface area contributed by atoms with Crippen molar-refractivity contribution in [3.05, 3.63) is 34.3 Å². The molecule has 1 aromatic heterocycles.